The first-order valence-corrected chi connectivity index (χ1v) is 10.9. The average Bonchev–Trinajstić information content (AvgIpc) is 3.13. The Morgan fingerprint density at radius 1 is 1.03 bits per heavy atom. The highest BCUT2D eigenvalue weighted by atomic mass is 32.1. The SMILES string of the molecule is CCOc1ccc(C2CC(=O)Nc3c(-c4ccc(C)cc4)csc32)cc1OCC. The fraction of sp³-hybridized carbons (Fsp3) is 0.292. The zero-order valence-electron chi connectivity index (χ0n) is 17.0. The first kappa shape index (κ1) is 19.5. The second-order valence-electron chi connectivity index (χ2n) is 7.13. The van der Waals surface area contributed by atoms with E-state index in [0.29, 0.717) is 19.6 Å². The average molecular weight is 408 g/mol. The summed E-state index contributed by atoms with van der Waals surface area (Å²) in [5.41, 5.74) is 5.43. The molecule has 29 heavy (non-hydrogen) atoms. The first-order chi connectivity index (χ1) is 14.1. The molecule has 1 aliphatic heterocycles. The van der Waals surface area contributed by atoms with E-state index in [9.17, 15) is 4.79 Å². The number of fused-ring (bicyclic) bond motifs is 1. The Morgan fingerprint density at radius 3 is 2.48 bits per heavy atom. The third-order valence-corrected chi connectivity index (χ3v) is 6.22. The molecule has 5 heteroatoms. The summed E-state index contributed by atoms with van der Waals surface area (Å²) in [6.45, 7) is 7.14. The van der Waals surface area contributed by atoms with Gasteiger partial charge in [-0.3, -0.25) is 4.79 Å². The van der Waals surface area contributed by atoms with Crippen LogP contribution in [0.25, 0.3) is 11.1 Å². The van der Waals surface area contributed by atoms with E-state index in [2.05, 4.69) is 41.9 Å². The lowest BCUT2D eigenvalue weighted by molar-refractivity contribution is -0.116. The molecular weight excluding hydrogens is 382 g/mol. The Hall–Kier alpha value is -2.79. The Morgan fingerprint density at radius 2 is 1.76 bits per heavy atom. The summed E-state index contributed by atoms with van der Waals surface area (Å²) in [6.07, 6.45) is 0.431. The van der Waals surface area contributed by atoms with Gasteiger partial charge in [-0.15, -0.1) is 11.3 Å². The summed E-state index contributed by atoms with van der Waals surface area (Å²) in [5.74, 6) is 1.53. The van der Waals surface area contributed by atoms with Crippen molar-refractivity contribution >= 4 is 22.9 Å². The summed E-state index contributed by atoms with van der Waals surface area (Å²) in [5, 5.41) is 5.25. The monoisotopic (exact) mass is 407 g/mol. The molecule has 0 saturated carbocycles. The molecule has 2 aromatic carbocycles. The molecule has 0 aliphatic carbocycles. The van der Waals surface area contributed by atoms with Crippen molar-refractivity contribution < 1.29 is 14.3 Å². The normalized spacial score (nSPS) is 15.6. The highest BCUT2D eigenvalue weighted by Gasteiger charge is 2.31. The molecule has 1 aliphatic rings. The molecule has 3 aromatic rings. The highest BCUT2D eigenvalue weighted by molar-refractivity contribution is 7.11. The molecule has 4 rings (SSSR count). The number of rotatable bonds is 6. The van der Waals surface area contributed by atoms with Crippen LogP contribution in [0.5, 0.6) is 11.5 Å². The van der Waals surface area contributed by atoms with Crippen LogP contribution in [0.15, 0.2) is 47.8 Å². The maximum absolute atomic E-state index is 12.6. The highest BCUT2D eigenvalue weighted by Crippen LogP contribution is 2.47. The van der Waals surface area contributed by atoms with Gasteiger partial charge in [0.2, 0.25) is 5.91 Å². The lowest BCUT2D eigenvalue weighted by atomic mass is 9.89. The zero-order valence-corrected chi connectivity index (χ0v) is 17.8. The number of hydrogen-bond donors (Lipinski definition) is 1. The topological polar surface area (TPSA) is 47.6 Å². The van der Waals surface area contributed by atoms with Gasteiger partial charge in [-0.05, 0) is 44.0 Å². The number of ether oxygens (including phenoxy) is 2. The zero-order chi connectivity index (χ0) is 20.4. The molecule has 1 amide bonds. The maximum atomic E-state index is 12.6. The van der Waals surface area contributed by atoms with E-state index in [1.54, 1.807) is 11.3 Å². The lowest BCUT2D eigenvalue weighted by Gasteiger charge is -2.25. The third kappa shape index (κ3) is 3.87. The minimum absolute atomic E-state index is 0.0119. The molecule has 0 radical (unpaired) electrons. The second kappa shape index (κ2) is 8.29. The van der Waals surface area contributed by atoms with E-state index in [1.807, 2.05) is 32.0 Å². The number of carbonyl (C=O) groups excluding carboxylic acids is 1. The molecular formula is C24H25NO3S. The van der Waals surface area contributed by atoms with Crippen molar-refractivity contribution in [3.8, 4) is 22.6 Å². The van der Waals surface area contributed by atoms with Gasteiger partial charge in [0.15, 0.2) is 11.5 Å². The predicted molar refractivity (Wildman–Crippen MR) is 118 cm³/mol. The van der Waals surface area contributed by atoms with Crippen LogP contribution in [0.4, 0.5) is 5.69 Å². The van der Waals surface area contributed by atoms with Crippen LogP contribution in [0.3, 0.4) is 0 Å². The van der Waals surface area contributed by atoms with Crippen molar-refractivity contribution in [3.05, 3.63) is 63.8 Å². The molecule has 1 aromatic heterocycles. The van der Waals surface area contributed by atoms with E-state index >= 15 is 0 Å². The van der Waals surface area contributed by atoms with Gasteiger partial charge in [0.25, 0.3) is 0 Å². The van der Waals surface area contributed by atoms with Gasteiger partial charge in [-0.1, -0.05) is 35.9 Å². The maximum Gasteiger partial charge on any atom is 0.225 e. The summed E-state index contributed by atoms with van der Waals surface area (Å²) < 4.78 is 11.5. The smallest absolute Gasteiger partial charge is 0.225 e. The number of carbonyl (C=O) groups is 1. The van der Waals surface area contributed by atoms with E-state index < -0.39 is 0 Å². The number of aryl methyl sites for hydroxylation is 1. The number of hydrogen-bond acceptors (Lipinski definition) is 4. The molecule has 0 bridgehead atoms. The molecule has 4 nitrogen and oxygen atoms in total. The van der Waals surface area contributed by atoms with Crippen molar-refractivity contribution in [3.63, 3.8) is 0 Å². The summed E-state index contributed by atoms with van der Waals surface area (Å²) in [4.78, 5) is 13.7. The van der Waals surface area contributed by atoms with Crippen LogP contribution in [-0.4, -0.2) is 19.1 Å². The molecule has 0 saturated heterocycles. The lowest BCUT2D eigenvalue weighted by Crippen LogP contribution is -2.22. The Bertz CT molecular complexity index is 1020. The van der Waals surface area contributed by atoms with Crippen LogP contribution in [-0.2, 0) is 4.79 Å². The van der Waals surface area contributed by atoms with Gasteiger partial charge in [0.05, 0.1) is 18.9 Å². The number of amides is 1. The predicted octanol–water partition coefficient (Wildman–Crippen LogP) is 6.00. The number of anilines is 1. The number of thiophene rings is 1. The van der Waals surface area contributed by atoms with Crippen LogP contribution >= 0.6 is 11.3 Å². The standard InChI is InChI=1S/C24H25NO3S/c1-4-27-20-11-10-17(12-21(20)28-5-2)18-13-22(26)25-23-19(14-29-24(18)23)16-8-6-15(3)7-9-16/h6-12,14,18H,4-5,13H2,1-3H3,(H,25,26). The van der Waals surface area contributed by atoms with Crippen molar-refractivity contribution in [1.82, 2.24) is 0 Å². The molecule has 0 spiro atoms. The van der Waals surface area contributed by atoms with Crippen molar-refractivity contribution in [2.75, 3.05) is 18.5 Å². The Labute approximate surface area is 175 Å². The van der Waals surface area contributed by atoms with E-state index in [1.165, 1.54) is 10.4 Å². The Balaban J connectivity index is 1.75. The summed E-state index contributed by atoms with van der Waals surface area (Å²) in [6, 6.07) is 14.4. The van der Waals surface area contributed by atoms with Gasteiger partial charge in [-0.2, -0.15) is 0 Å². The second-order valence-corrected chi connectivity index (χ2v) is 8.04. The third-order valence-electron chi connectivity index (χ3n) is 5.12. The Kier molecular flexibility index (Phi) is 5.58. The van der Waals surface area contributed by atoms with Crippen LogP contribution in [0, 0.1) is 6.92 Å². The van der Waals surface area contributed by atoms with Gasteiger partial charge in [0, 0.05) is 28.2 Å². The molecule has 2 heterocycles. The fourth-order valence-electron chi connectivity index (χ4n) is 3.73. The number of benzene rings is 2. The van der Waals surface area contributed by atoms with Crippen molar-refractivity contribution in [2.45, 2.75) is 33.1 Å². The molecule has 1 N–H and O–H groups in total. The van der Waals surface area contributed by atoms with Crippen molar-refractivity contribution in [2.24, 2.45) is 0 Å². The fourth-order valence-corrected chi connectivity index (χ4v) is 4.89. The summed E-state index contributed by atoms with van der Waals surface area (Å²) >= 11 is 1.70. The van der Waals surface area contributed by atoms with Gasteiger partial charge < -0.3 is 14.8 Å². The van der Waals surface area contributed by atoms with Gasteiger partial charge >= 0.3 is 0 Å². The quantitative estimate of drug-likeness (QED) is 0.545. The van der Waals surface area contributed by atoms with Gasteiger partial charge in [-0.25, -0.2) is 0 Å². The molecule has 0 fully saturated rings. The molecule has 150 valence electrons. The van der Waals surface area contributed by atoms with E-state index in [0.717, 1.165) is 33.9 Å². The largest absolute Gasteiger partial charge is 0.490 e. The van der Waals surface area contributed by atoms with Crippen molar-refractivity contribution in [1.29, 1.82) is 0 Å². The number of nitrogens with one attached hydrogen (secondary N) is 1. The minimum Gasteiger partial charge on any atom is -0.490 e. The van der Waals surface area contributed by atoms with Crippen LogP contribution in [0.2, 0.25) is 0 Å². The molecule has 1 atom stereocenters. The van der Waals surface area contributed by atoms with Crippen LogP contribution < -0.4 is 14.8 Å². The van der Waals surface area contributed by atoms with Gasteiger partial charge in [0.1, 0.15) is 0 Å². The first-order valence-electron chi connectivity index (χ1n) is 9.98. The molecule has 1 unspecified atom stereocenters. The van der Waals surface area contributed by atoms with E-state index in [4.69, 9.17) is 9.47 Å². The van der Waals surface area contributed by atoms with E-state index in [-0.39, 0.29) is 11.8 Å². The van der Waals surface area contributed by atoms with Crippen LogP contribution in [0.1, 0.15) is 42.2 Å². The minimum atomic E-state index is 0.0119. The summed E-state index contributed by atoms with van der Waals surface area (Å²) in [7, 11) is 0.